The fraction of sp³-hybridized carbons (Fsp3) is 1.00. The van der Waals surface area contributed by atoms with E-state index in [1.807, 2.05) is 0 Å². The zero-order valence-corrected chi connectivity index (χ0v) is 23.7. The van der Waals surface area contributed by atoms with E-state index in [1.54, 1.807) is 0 Å². The van der Waals surface area contributed by atoms with Gasteiger partial charge in [-0.2, -0.15) is 0 Å². The van der Waals surface area contributed by atoms with E-state index in [0.29, 0.717) is 6.61 Å². The van der Waals surface area contributed by atoms with Gasteiger partial charge in [-0.25, -0.2) is 0 Å². The standard InChI is InChI=1S/C28H55NO10/c1-2-3-4-5-6-7-8-9-10-11-12-13-14-15-16-36-28-25(35)24(34)26(20(18-31)38-28)39-27-21(29)23(33)22(32)19(17-30)37-27/h19-28,30-35H,2-18,29H2,1H3/t19-,20-,21-,22-,23-,24-,25-,26+,27-,28-/m1/s1. The van der Waals surface area contributed by atoms with Crippen LogP contribution in [-0.2, 0) is 18.9 Å². The average molecular weight is 566 g/mol. The number of ether oxygens (including phenoxy) is 4. The summed E-state index contributed by atoms with van der Waals surface area (Å²) < 4.78 is 22.4. The third-order valence-corrected chi connectivity index (χ3v) is 7.82. The first kappa shape index (κ1) is 34.8. The lowest BCUT2D eigenvalue weighted by molar-refractivity contribution is -0.345. The number of aliphatic hydroxyl groups is 6. The molecule has 0 aromatic heterocycles. The number of hydrogen-bond donors (Lipinski definition) is 7. The van der Waals surface area contributed by atoms with E-state index in [9.17, 15) is 30.6 Å². The molecule has 2 aliphatic rings. The van der Waals surface area contributed by atoms with Gasteiger partial charge in [-0.15, -0.1) is 0 Å². The lowest BCUT2D eigenvalue weighted by atomic mass is 9.96. The van der Waals surface area contributed by atoms with Gasteiger partial charge < -0.3 is 55.3 Å². The predicted molar refractivity (Wildman–Crippen MR) is 145 cm³/mol. The van der Waals surface area contributed by atoms with E-state index in [2.05, 4.69) is 6.92 Å². The Morgan fingerprint density at radius 1 is 0.590 bits per heavy atom. The summed E-state index contributed by atoms with van der Waals surface area (Å²) in [5, 5.41) is 60.5. The van der Waals surface area contributed by atoms with Crippen molar-refractivity contribution in [2.75, 3.05) is 19.8 Å². The lowest BCUT2D eigenvalue weighted by Gasteiger charge is -2.46. The number of rotatable bonds is 20. The van der Waals surface area contributed by atoms with E-state index in [-0.39, 0.29) is 0 Å². The fourth-order valence-corrected chi connectivity index (χ4v) is 5.24. The number of unbranched alkanes of at least 4 members (excludes halogenated alkanes) is 13. The molecule has 2 saturated heterocycles. The van der Waals surface area contributed by atoms with E-state index in [4.69, 9.17) is 24.7 Å². The van der Waals surface area contributed by atoms with Gasteiger partial charge in [0.25, 0.3) is 0 Å². The third-order valence-electron chi connectivity index (χ3n) is 7.82. The van der Waals surface area contributed by atoms with Crippen LogP contribution in [0.2, 0.25) is 0 Å². The van der Waals surface area contributed by atoms with Crippen molar-refractivity contribution < 1.29 is 49.6 Å². The van der Waals surface area contributed by atoms with Crippen LogP contribution in [0.4, 0.5) is 0 Å². The highest BCUT2D eigenvalue weighted by Crippen LogP contribution is 2.29. The lowest BCUT2D eigenvalue weighted by Crippen LogP contribution is -2.66. The van der Waals surface area contributed by atoms with Crippen LogP contribution in [0.15, 0.2) is 0 Å². The van der Waals surface area contributed by atoms with Crippen molar-refractivity contribution in [2.24, 2.45) is 5.73 Å². The molecule has 0 amide bonds. The SMILES string of the molecule is CCCCCCCCCCCCCCCCO[C@@H]1O[C@H](CO)[C@H](O[C@H]2O[C@H](CO)[C@@H](O)[C@H](O)[C@H]2N)[C@H](O)[C@H]1O. The molecule has 8 N–H and O–H groups in total. The summed E-state index contributed by atoms with van der Waals surface area (Å²) in [6, 6.07) is -1.19. The molecule has 0 aromatic carbocycles. The first-order valence-electron chi connectivity index (χ1n) is 15.1. The summed E-state index contributed by atoms with van der Waals surface area (Å²) in [7, 11) is 0. The first-order valence-corrected chi connectivity index (χ1v) is 15.1. The van der Waals surface area contributed by atoms with Gasteiger partial charge in [-0.1, -0.05) is 90.4 Å². The normalized spacial score (nSPS) is 35.4. The molecule has 11 heteroatoms. The van der Waals surface area contributed by atoms with Gasteiger partial charge >= 0.3 is 0 Å². The van der Waals surface area contributed by atoms with Gasteiger partial charge in [-0.3, -0.25) is 0 Å². The van der Waals surface area contributed by atoms with Gasteiger partial charge in [-0.05, 0) is 6.42 Å². The topological polar surface area (TPSA) is 184 Å². The molecular formula is C28H55NO10. The maximum Gasteiger partial charge on any atom is 0.186 e. The Balaban J connectivity index is 1.62. The molecule has 2 fully saturated rings. The van der Waals surface area contributed by atoms with E-state index in [0.717, 1.165) is 19.3 Å². The quantitative estimate of drug-likeness (QED) is 0.105. The minimum atomic E-state index is -1.50. The van der Waals surface area contributed by atoms with Crippen LogP contribution in [0.5, 0.6) is 0 Å². The Morgan fingerprint density at radius 3 is 1.59 bits per heavy atom. The first-order chi connectivity index (χ1) is 18.8. The van der Waals surface area contributed by atoms with Crippen molar-refractivity contribution in [2.45, 2.75) is 158 Å². The van der Waals surface area contributed by atoms with Crippen LogP contribution in [0.25, 0.3) is 0 Å². The summed E-state index contributed by atoms with van der Waals surface area (Å²) >= 11 is 0. The van der Waals surface area contributed by atoms with Gasteiger partial charge in [0.1, 0.15) is 42.7 Å². The smallest absolute Gasteiger partial charge is 0.186 e. The molecule has 10 atom stereocenters. The van der Waals surface area contributed by atoms with Crippen LogP contribution in [0.1, 0.15) is 96.8 Å². The van der Waals surface area contributed by atoms with Crippen molar-refractivity contribution in [1.29, 1.82) is 0 Å². The van der Waals surface area contributed by atoms with Gasteiger partial charge in [0.15, 0.2) is 12.6 Å². The second-order valence-electron chi connectivity index (χ2n) is 11.1. The number of hydrogen-bond acceptors (Lipinski definition) is 11. The molecule has 0 radical (unpaired) electrons. The van der Waals surface area contributed by atoms with Crippen molar-refractivity contribution >= 4 is 0 Å². The molecule has 0 bridgehead atoms. The van der Waals surface area contributed by atoms with Gasteiger partial charge in [0.2, 0.25) is 0 Å². The predicted octanol–water partition coefficient (Wildman–Crippen LogP) is 1.07. The Morgan fingerprint density at radius 2 is 1.08 bits per heavy atom. The maximum atomic E-state index is 10.7. The summed E-state index contributed by atoms with van der Waals surface area (Å²) in [6.07, 6.45) is 5.69. The van der Waals surface area contributed by atoms with E-state index in [1.165, 1.54) is 70.6 Å². The fourth-order valence-electron chi connectivity index (χ4n) is 5.24. The van der Waals surface area contributed by atoms with Crippen molar-refractivity contribution in [3.05, 3.63) is 0 Å². The van der Waals surface area contributed by atoms with Crippen LogP contribution in [0, 0.1) is 0 Å². The molecule has 0 aromatic rings. The number of aliphatic hydroxyl groups excluding tert-OH is 6. The van der Waals surface area contributed by atoms with Gasteiger partial charge in [0, 0.05) is 6.61 Å². The molecule has 2 rings (SSSR count). The van der Waals surface area contributed by atoms with Crippen molar-refractivity contribution in [3.8, 4) is 0 Å². The van der Waals surface area contributed by atoms with Crippen LogP contribution in [-0.4, -0.2) is 112 Å². The Hall–Kier alpha value is -0.440. The molecular weight excluding hydrogens is 510 g/mol. The largest absolute Gasteiger partial charge is 0.394 e. The molecule has 0 spiro atoms. The van der Waals surface area contributed by atoms with Crippen molar-refractivity contribution in [1.82, 2.24) is 0 Å². The second kappa shape index (κ2) is 19.6. The monoisotopic (exact) mass is 565 g/mol. The Labute approximate surface area is 233 Å². The zero-order chi connectivity index (χ0) is 28.6. The molecule has 2 aliphatic heterocycles. The highest BCUT2D eigenvalue weighted by atomic mass is 16.7. The summed E-state index contributed by atoms with van der Waals surface area (Å²) in [5.41, 5.74) is 5.90. The molecule has 0 unspecified atom stereocenters. The summed E-state index contributed by atoms with van der Waals surface area (Å²) in [6.45, 7) is 1.46. The summed E-state index contributed by atoms with van der Waals surface area (Å²) in [5.74, 6) is 0. The highest BCUT2D eigenvalue weighted by Gasteiger charge is 2.50. The van der Waals surface area contributed by atoms with E-state index >= 15 is 0 Å². The highest BCUT2D eigenvalue weighted by molar-refractivity contribution is 4.95. The van der Waals surface area contributed by atoms with Crippen LogP contribution < -0.4 is 5.73 Å². The molecule has 2 heterocycles. The zero-order valence-electron chi connectivity index (χ0n) is 23.7. The minimum Gasteiger partial charge on any atom is -0.394 e. The minimum absolute atomic E-state index is 0.342. The molecule has 232 valence electrons. The maximum absolute atomic E-state index is 10.7. The molecule has 11 nitrogen and oxygen atoms in total. The van der Waals surface area contributed by atoms with E-state index < -0.39 is 74.6 Å². The second-order valence-corrected chi connectivity index (χ2v) is 11.1. The molecule has 0 saturated carbocycles. The summed E-state index contributed by atoms with van der Waals surface area (Å²) in [4.78, 5) is 0. The molecule has 39 heavy (non-hydrogen) atoms. The Kier molecular flexibility index (Phi) is 17.5. The third kappa shape index (κ3) is 11.4. The molecule has 0 aliphatic carbocycles. The number of nitrogens with two attached hydrogens (primary N) is 1. The van der Waals surface area contributed by atoms with Gasteiger partial charge in [0.05, 0.1) is 19.3 Å². The average Bonchev–Trinajstić information content (AvgIpc) is 2.94. The van der Waals surface area contributed by atoms with Crippen molar-refractivity contribution in [3.63, 3.8) is 0 Å². The Bertz CT molecular complexity index is 613. The van der Waals surface area contributed by atoms with Crippen LogP contribution >= 0.6 is 0 Å². The van der Waals surface area contributed by atoms with Crippen LogP contribution in [0.3, 0.4) is 0 Å².